The van der Waals surface area contributed by atoms with Gasteiger partial charge in [-0.1, -0.05) is 45.2 Å². The number of halogens is 2. The summed E-state index contributed by atoms with van der Waals surface area (Å²) >= 11 is 5.38. The first-order valence-electron chi connectivity index (χ1n) is 7.63. The molecule has 4 unspecified atom stereocenters. The highest BCUT2D eigenvalue weighted by molar-refractivity contribution is 14.1. The van der Waals surface area contributed by atoms with Crippen LogP contribution in [0.1, 0.15) is 26.7 Å². The van der Waals surface area contributed by atoms with Crippen LogP contribution in [0, 0.1) is 11.8 Å². The fraction of sp³-hybridized carbons (Fsp3) is 1.00. The molecule has 122 valence electrons. The molecule has 0 aliphatic carbocycles. The summed E-state index contributed by atoms with van der Waals surface area (Å²) in [4.78, 5) is 0. The summed E-state index contributed by atoms with van der Waals surface area (Å²) in [6.07, 6.45) is 13.5. The predicted molar refractivity (Wildman–Crippen MR) is 119 cm³/mol. The molecule has 2 fully saturated rings. The monoisotopic (exact) mass is 542 g/mol. The van der Waals surface area contributed by atoms with E-state index in [2.05, 4.69) is 84.1 Å². The molecule has 2 aliphatic rings. The Morgan fingerprint density at radius 2 is 1.70 bits per heavy atom. The average Bonchev–Trinajstić information content (AvgIpc) is 2.73. The highest BCUT2D eigenvalue weighted by atomic mass is 127. The first-order valence-corrected chi connectivity index (χ1v) is 15.6. The van der Waals surface area contributed by atoms with E-state index in [0.29, 0.717) is 3.42 Å². The molecular weight excluding hydrogens is 510 g/mol. The molecule has 0 bridgehead atoms. The van der Waals surface area contributed by atoms with Crippen molar-refractivity contribution < 1.29 is 0 Å². The maximum atomic E-state index is 2.73. The molecule has 0 saturated carbocycles. The fourth-order valence-electron chi connectivity index (χ4n) is 4.89. The SMILES string of the molecule is CC(C)(I)C1CC(C2C(CI)CCS2(C)C)CS1(C)C. The molecule has 0 aromatic heterocycles. The number of alkyl halides is 2. The molecule has 2 rings (SSSR count). The van der Waals surface area contributed by atoms with Crippen molar-refractivity contribution in [3.8, 4) is 0 Å². The largest absolute Gasteiger partial charge is 0.243 e. The molecule has 0 amide bonds. The Hall–Kier alpha value is 2.16. The second-order valence-corrected chi connectivity index (χ2v) is 20.3. The summed E-state index contributed by atoms with van der Waals surface area (Å²) in [5.41, 5.74) is 0. The van der Waals surface area contributed by atoms with Crippen molar-refractivity contribution in [1.29, 1.82) is 0 Å². The van der Waals surface area contributed by atoms with Gasteiger partial charge in [-0.2, -0.15) is 0 Å². The lowest BCUT2D eigenvalue weighted by atomic mass is 9.89. The third-order valence-corrected chi connectivity index (χ3v) is 15.0. The number of rotatable bonds is 3. The lowest BCUT2D eigenvalue weighted by molar-refractivity contribution is 0.431. The number of hydrogen-bond acceptors (Lipinski definition) is 0. The smallest absolute Gasteiger partial charge is 0.0270 e. The minimum absolute atomic E-state index is 0.345. The first kappa shape index (κ1) is 18.5. The van der Waals surface area contributed by atoms with Gasteiger partial charge in [0.1, 0.15) is 0 Å². The standard InChI is InChI=1S/C16H32I2S2/c1-16(2,18)14-9-13(11-20(14,5)6)15-12(10-17)7-8-19(15,3)4/h12-15H,7-11H2,1-6H3. The highest BCUT2D eigenvalue weighted by Crippen LogP contribution is 2.67. The third kappa shape index (κ3) is 3.63. The lowest BCUT2D eigenvalue weighted by Gasteiger charge is -2.41. The van der Waals surface area contributed by atoms with Crippen LogP contribution in [-0.4, -0.2) is 54.9 Å². The van der Waals surface area contributed by atoms with Crippen LogP contribution >= 0.6 is 65.2 Å². The van der Waals surface area contributed by atoms with Gasteiger partial charge < -0.3 is 0 Å². The zero-order valence-corrected chi connectivity index (χ0v) is 19.9. The van der Waals surface area contributed by atoms with Crippen LogP contribution in [0.15, 0.2) is 0 Å². The molecule has 2 aliphatic heterocycles. The second-order valence-electron chi connectivity index (χ2n) is 8.33. The summed E-state index contributed by atoms with van der Waals surface area (Å²) in [5.74, 6) is 5.15. The summed E-state index contributed by atoms with van der Waals surface area (Å²) in [5, 5.41) is 2.03. The molecule has 0 spiro atoms. The van der Waals surface area contributed by atoms with Gasteiger partial charge in [0.05, 0.1) is 0 Å². The zero-order valence-electron chi connectivity index (χ0n) is 13.9. The second kappa shape index (κ2) is 6.23. The van der Waals surface area contributed by atoms with E-state index < -0.39 is 10.0 Å². The Labute approximate surface area is 157 Å². The first-order chi connectivity index (χ1) is 8.99. The maximum Gasteiger partial charge on any atom is 0.0270 e. The van der Waals surface area contributed by atoms with E-state index in [4.69, 9.17) is 0 Å². The Bertz CT molecular complexity index is 360. The van der Waals surface area contributed by atoms with E-state index in [1.165, 1.54) is 23.0 Å². The fourth-order valence-corrected chi connectivity index (χ4v) is 16.3. The van der Waals surface area contributed by atoms with E-state index in [9.17, 15) is 0 Å². The minimum atomic E-state index is -0.410. The van der Waals surface area contributed by atoms with E-state index in [-0.39, 0.29) is 10.0 Å². The van der Waals surface area contributed by atoms with Gasteiger partial charge in [-0.25, -0.2) is 20.1 Å². The van der Waals surface area contributed by atoms with Gasteiger partial charge >= 0.3 is 0 Å². The van der Waals surface area contributed by atoms with E-state index in [1.807, 2.05) is 0 Å². The number of hydrogen-bond donors (Lipinski definition) is 0. The molecular formula is C16H32I2S2. The molecule has 4 atom stereocenters. The molecule has 2 heterocycles. The summed E-state index contributed by atoms with van der Waals surface area (Å²) < 4.78 is 1.87. The Balaban J connectivity index is 2.23. The van der Waals surface area contributed by atoms with Crippen molar-refractivity contribution >= 4 is 65.2 Å². The van der Waals surface area contributed by atoms with Crippen LogP contribution in [0.3, 0.4) is 0 Å². The van der Waals surface area contributed by atoms with Crippen molar-refractivity contribution in [3.63, 3.8) is 0 Å². The molecule has 2 saturated heterocycles. The van der Waals surface area contributed by atoms with Crippen molar-refractivity contribution in [2.45, 2.75) is 40.6 Å². The van der Waals surface area contributed by atoms with Gasteiger partial charge in [-0.05, 0) is 80.3 Å². The van der Waals surface area contributed by atoms with Crippen LogP contribution in [0.4, 0.5) is 0 Å². The molecule has 20 heavy (non-hydrogen) atoms. The highest BCUT2D eigenvalue weighted by Gasteiger charge is 2.51. The Morgan fingerprint density at radius 1 is 1.10 bits per heavy atom. The van der Waals surface area contributed by atoms with Crippen molar-refractivity contribution in [2.24, 2.45) is 11.8 Å². The van der Waals surface area contributed by atoms with Crippen LogP contribution in [0.5, 0.6) is 0 Å². The summed E-state index contributed by atoms with van der Waals surface area (Å²) in [6, 6.07) is 0. The Kier molecular flexibility index (Phi) is 5.76. The molecule has 0 aromatic rings. The van der Waals surface area contributed by atoms with Crippen LogP contribution in [-0.2, 0) is 0 Å². The van der Waals surface area contributed by atoms with Crippen LogP contribution in [0.2, 0.25) is 0 Å². The minimum Gasteiger partial charge on any atom is -0.243 e. The maximum absolute atomic E-state index is 2.73. The molecule has 4 heteroatoms. The summed E-state index contributed by atoms with van der Waals surface area (Å²) in [7, 11) is -0.755. The summed E-state index contributed by atoms with van der Waals surface area (Å²) in [6.45, 7) is 4.94. The van der Waals surface area contributed by atoms with Crippen molar-refractivity contribution in [2.75, 3.05) is 41.0 Å². The molecule has 0 aromatic carbocycles. The van der Waals surface area contributed by atoms with Gasteiger partial charge in [0.2, 0.25) is 0 Å². The van der Waals surface area contributed by atoms with Crippen molar-refractivity contribution in [1.82, 2.24) is 0 Å². The molecule has 0 N–H and O–H groups in total. The third-order valence-electron chi connectivity index (χ3n) is 5.58. The topological polar surface area (TPSA) is 0 Å². The van der Waals surface area contributed by atoms with Gasteiger partial charge in [-0.3, -0.25) is 0 Å². The normalized spacial score (nSPS) is 43.4. The molecule has 0 nitrogen and oxygen atoms in total. The lowest BCUT2D eigenvalue weighted by Crippen LogP contribution is -2.32. The zero-order chi connectivity index (χ0) is 15.3. The van der Waals surface area contributed by atoms with Gasteiger partial charge in [-0.15, -0.1) is 0 Å². The van der Waals surface area contributed by atoms with Crippen molar-refractivity contribution in [3.05, 3.63) is 0 Å². The van der Waals surface area contributed by atoms with Crippen LogP contribution in [0.25, 0.3) is 0 Å². The van der Waals surface area contributed by atoms with E-state index in [1.54, 1.807) is 5.75 Å². The van der Waals surface area contributed by atoms with Gasteiger partial charge in [0.15, 0.2) is 0 Å². The predicted octanol–water partition coefficient (Wildman–Crippen LogP) is 5.54. The van der Waals surface area contributed by atoms with E-state index >= 15 is 0 Å². The molecule has 0 radical (unpaired) electrons. The van der Waals surface area contributed by atoms with Gasteiger partial charge in [0.25, 0.3) is 0 Å². The van der Waals surface area contributed by atoms with Crippen LogP contribution < -0.4 is 0 Å². The van der Waals surface area contributed by atoms with E-state index in [0.717, 1.165) is 22.3 Å². The quantitative estimate of drug-likeness (QED) is 0.325. The average molecular weight is 542 g/mol. The Morgan fingerprint density at radius 3 is 2.15 bits per heavy atom. The van der Waals surface area contributed by atoms with Gasteiger partial charge in [0, 0.05) is 13.1 Å².